The van der Waals surface area contributed by atoms with Crippen molar-refractivity contribution in [3.8, 4) is 11.5 Å². The van der Waals surface area contributed by atoms with Crippen molar-refractivity contribution in [2.24, 2.45) is 10.2 Å². The fourth-order valence-corrected chi connectivity index (χ4v) is 3.00. The molecular weight excluding hydrogens is 432 g/mol. The lowest BCUT2D eigenvalue weighted by atomic mass is 10.1. The molecule has 0 saturated heterocycles. The Labute approximate surface area is 198 Å². The number of hydrazone groups is 2. The average Bonchev–Trinajstić information content (AvgIpc) is 2.90. The number of benzene rings is 3. The Morgan fingerprint density at radius 2 is 1.00 bits per heavy atom. The number of ether oxygens (including phenoxy) is 2. The second-order valence-electron chi connectivity index (χ2n) is 7.32. The van der Waals surface area contributed by atoms with Gasteiger partial charge in [-0.05, 0) is 62.4 Å². The maximum atomic E-state index is 12.4. The van der Waals surface area contributed by atoms with Crippen LogP contribution in [0.5, 0.6) is 11.5 Å². The van der Waals surface area contributed by atoms with Gasteiger partial charge in [0.1, 0.15) is 11.5 Å². The van der Waals surface area contributed by atoms with Crippen LogP contribution in [0.1, 0.15) is 45.7 Å². The van der Waals surface area contributed by atoms with Gasteiger partial charge in [-0.15, -0.1) is 0 Å². The maximum Gasteiger partial charge on any atom is 0.271 e. The first-order valence-electron chi connectivity index (χ1n) is 10.5. The van der Waals surface area contributed by atoms with E-state index in [-0.39, 0.29) is 11.8 Å². The van der Waals surface area contributed by atoms with Crippen LogP contribution in [0, 0.1) is 0 Å². The summed E-state index contributed by atoms with van der Waals surface area (Å²) in [6, 6.07) is 21.0. The van der Waals surface area contributed by atoms with Crippen molar-refractivity contribution in [1.82, 2.24) is 10.9 Å². The van der Waals surface area contributed by atoms with E-state index >= 15 is 0 Å². The van der Waals surface area contributed by atoms with Crippen molar-refractivity contribution in [3.05, 3.63) is 95.1 Å². The van der Waals surface area contributed by atoms with Crippen LogP contribution < -0.4 is 20.3 Å². The highest BCUT2D eigenvalue weighted by Gasteiger charge is 2.09. The molecule has 0 bridgehead atoms. The second kappa shape index (κ2) is 11.4. The number of rotatable bonds is 8. The first-order valence-corrected chi connectivity index (χ1v) is 10.5. The normalized spacial score (nSPS) is 11.5. The molecule has 0 aliphatic carbocycles. The van der Waals surface area contributed by atoms with Gasteiger partial charge in [-0.25, -0.2) is 10.9 Å². The number of hydrogen-bond acceptors (Lipinski definition) is 6. The molecule has 3 rings (SSSR count). The lowest BCUT2D eigenvalue weighted by Gasteiger charge is -2.06. The summed E-state index contributed by atoms with van der Waals surface area (Å²) in [5.74, 6) is 0.632. The second-order valence-corrected chi connectivity index (χ2v) is 7.32. The van der Waals surface area contributed by atoms with E-state index in [4.69, 9.17) is 9.47 Å². The van der Waals surface area contributed by atoms with Crippen LogP contribution in [0.3, 0.4) is 0 Å². The van der Waals surface area contributed by atoms with E-state index in [1.54, 1.807) is 52.3 Å². The number of carbonyl (C=O) groups excluding carboxylic acids is 2. The molecule has 0 radical (unpaired) electrons. The van der Waals surface area contributed by atoms with Gasteiger partial charge < -0.3 is 9.47 Å². The van der Waals surface area contributed by atoms with E-state index in [0.29, 0.717) is 34.0 Å². The Balaban J connectivity index is 1.61. The van der Waals surface area contributed by atoms with Crippen LogP contribution in [-0.4, -0.2) is 37.5 Å². The first kappa shape index (κ1) is 24.2. The summed E-state index contributed by atoms with van der Waals surface area (Å²) < 4.78 is 10.4. The summed E-state index contributed by atoms with van der Waals surface area (Å²) in [6.07, 6.45) is 0. The summed E-state index contributed by atoms with van der Waals surface area (Å²) in [4.78, 5) is 24.9. The maximum absolute atomic E-state index is 12.4. The molecule has 2 amide bonds. The van der Waals surface area contributed by atoms with E-state index < -0.39 is 0 Å². The third kappa shape index (κ3) is 6.29. The zero-order valence-corrected chi connectivity index (χ0v) is 19.5. The molecule has 0 spiro atoms. The predicted octanol–water partition coefficient (Wildman–Crippen LogP) is 4.01. The van der Waals surface area contributed by atoms with E-state index in [0.717, 1.165) is 11.1 Å². The minimum Gasteiger partial charge on any atom is -0.497 e. The van der Waals surface area contributed by atoms with Gasteiger partial charge in [0, 0.05) is 22.3 Å². The number of nitrogens with one attached hydrogen (secondary N) is 2. The van der Waals surface area contributed by atoms with Gasteiger partial charge in [-0.2, -0.15) is 10.2 Å². The number of hydrogen-bond donors (Lipinski definition) is 2. The van der Waals surface area contributed by atoms with Crippen molar-refractivity contribution in [2.45, 2.75) is 13.8 Å². The quantitative estimate of drug-likeness (QED) is 0.393. The molecule has 0 unspecified atom stereocenters. The molecule has 0 aliphatic rings. The van der Waals surface area contributed by atoms with Crippen molar-refractivity contribution in [3.63, 3.8) is 0 Å². The summed E-state index contributed by atoms with van der Waals surface area (Å²) in [6.45, 7) is 3.58. The average molecular weight is 459 g/mol. The lowest BCUT2D eigenvalue weighted by molar-refractivity contribution is 0.0943. The zero-order valence-electron chi connectivity index (χ0n) is 19.5. The molecule has 0 aromatic heterocycles. The topological polar surface area (TPSA) is 101 Å². The highest BCUT2D eigenvalue weighted by molar-refractivity contribution is 6.02. The van der Waals surface area contributed by atoms with Crippen molar-refractivity contribution in [1.29, 1.82) is 0 Å². The molecule has 3 aromatic carbocycles. The van der Waals surface area contributed by atoms with Crippen LogP contribution in [0.15, 0.2) is 83.0 Å². The SMILES string of the molecule is COc1cccc(C(C)=NNC(=O)c2ccc(C(=O)NN=C(C)c3cccc(OC)c3)cc2)c1. The molecular formula is C26H26N4O4. The van der Waals surface area contributed by atoms with Gasteiger partial charge in [-0.1, -0.05) is 24.3 Å². The fraction of sp³-hybridized carbons (Fsp3) is 0.154. The van der Waals surface area contributed by atoms with E-state index in [1.807, 2.05) is 48.5 Å². The van der Waals surface area contributed by atoms with Gasteiger partial charge in [-0.3, -0.25) is 9.59 Å². The Hall–Kier alpha value is -4.46. The zero-order chi connectivity index (χ0) is 24.5. The van der Waals surface area contributed by atoms with Crippen molar-refractivity contribution in [2.75, 3.05) is 14.2 Å². The van der Waals surface area contributed by atoms with Crippen LogP contribution in [0.4, 0.5) is 0 Å². The molecule has 0 aliphatic heterocycles. The Bertz CT molecular complexity index is 1140. The van der Waals surface area contributed by atoms with Crippen molar-refractivity contribution < 1.29 is 19.1 Å². The molecule has 2 N–H and O–H groups in total. The van der Waals surface area contributed by atoms with Gasteiger partial charge >= 0.3 is 0 Å². The van der Waals surface area contributed by atoms with Gasteiger partial charge in [0.25, 0.3) is 11.8 Å². The monoisotopic (exact) mass is 458 g/mol. The Kier molecular flexibility index (Phi) is 8.12. The summed E-state index contributed by atoms with van der Waals surface area (Å²) in [5, 5.41) is 8.30. The van der Waals surface area contributed by atoms with Crippen molar-refractivity contribution >= 4 is 23.2 Å². The number of amides is 2. The highest BCUT2D eigenvalue weighted by Crippen LogP contribution is 2.14. The molecule has 8 nitrogen and oxygen atoms in total. The standard InChI is InChI=1S/C26H26N4O4/c1-17(21-7-5-9-23(15-21)33-3)27-29-25(31)19-11-13-20(14-12-19)26(32)30-28-18(2)22-8-6-10-24(16-22)34-4/h5-16H,1-4H3,(H,29,31)(H,30,32). The van der Waals surface area contributed by atoms with E-state index in [2.05, 4.69) is 21.1 Å². The molecule has 0 heterocycles. The fourth-order valence-electron chi connectivity index (χ4n) is 3.00. The minimum absolute atomic E-state index is 0.370. The smallest absolute Gasteiger partial charge is 0.271 e. The Morgan fingerprint density at radius 1 is 0.618 bits per heavy atom. The third-order valence-electron chi connectivity index (χ3n) is 5.03. The van der Waals surface area contributed by atoms with Gasteiger partial charge in [0.2, 0.25) is 0 Å². The molecule has 174 valence electrons. The Morgan fingerprint density at radius 3 is 1.35 bits per heavy atom. The highest BCUT2D eigenvalue weighted by atomic mass is 16.5. The minimum atomic E-state index is -0.388. The summed E-state index contributed by atoms with van der Waals surface area (Å²) in [7, 11) is 3.18. The van der Waals surface area contributed by atoms with Gasteiger partial charge in [0.05, 0.1) is 25.6 Å². The number of nitrogens with zero attached hydrogens (tertiary/aromatic N) is 2. The first-order chi connectivity index (χ1) is 16.4. The van der Waals surface area contributed by atoms with Crippen LogP contribution in [0.25, 0.3) is 0 Å². The lowest BCUT2D eigenvalue weighted by Crippen LogP contribution is -2.21. The molecule has 34 heavy (non-hydrogen) atoms. The number of methoxy groups -OCH3 is 2. The number of carbonyl (C=O) groups is 2. The third-order valence-corrected chi connectivity index (χ3v) is 5.03. The summed E-state index contributed by atoms with van der Waals surface area (Å²) >= 11 is 0. The largest absolute Gasteiger partial charge is 0.497 e. The summed E-state index contributed by atoms with van der Waals surface area (Å²) in [5.41, 5.74) is 8.72. The molecule has 8 heteroatoms. The molecule has 0 atom stereocenters. The molecule has 3 aromatic rings. The van der Waals surface area contributed by atoms with Crippen LogP contribution >= 0.6 is 0 Å². The van der Waals surface area contributed by atoms with E-state index in [1.165, 1.54) is 0 Å². The predicted molar refractivity (Wildman–Crippen MR) is 132 cm³/mol. The van der Waals surface area contributed by atoms with Crippen LogP contribution in [0.2, 0.25) is 0 Å². The van der Waals surface area contributed by atoms with Gasteiger partial charge in [0.15, 0.2) is 0 Å². The molecule has 0 fully saturated rings. The molecule has 0 saturated carbocycles. The van der Waals surface area contributed by atoms with E-state index in [9.17, 15) is 9.59 Å². The van der Waals surface area contributed by atoms with Crippen LogP contribution in [-0.2, 0) is 0 Å².